The molecule has 3 nitrogen and oxygen atoms in total. The van der Waals surface area contributed by atoms with Crippen LogP contribution in [0.5, 0.6) is 0 Å². The summed E-state index contributed by atoms with van der Waals surface area (Å²) in [6.07, 6.45) is 1.32. The molecule has 0 amide bonds. The van der Waals surface area contributed by atoms with Gasteiger partial charge in [0.25, 0.3) is 0 Å². The van der Waals surface area contributed by atoms with Gasteiger partial charge in [0.15, 0.2) is 11.0 Å². The highest BCUT2D eigenvalue weighted by molar-refractivity contribution is 6.31. The topological polar surface area (TPSA) is 29.0 Å². The zero-order chi connectivity index (χ0) is 11.9. The Morgan fingerprint density at radius 2 is 1.88 bits per heavy atom. The van der Waals surface area contributed by atoms with E-state index < -0.39 is 0 Å². The Hall–Kier alpha value is -0.830. The van der Waals surface area contributed by atoms with Crippen LogP contribution in [-0.2, 0) is 0 Å². The lowest BCUT2D eigenvalue weighted by atomic mass is 10.3. The summed E-state index contributed by atoms with van der Waals surface area (Å²) in [6.45, 7) is 7.21. The lowest BCUT2D eigenvalue weighted by Gasteiger charge is -2.19. The van der Waals surface area contributed by atoms with Gasteiger partial charge >= 0.3 is 0 Å². The molecule has 88 valence electrons. The molecule has 0 aliphatic heterocycles. The summed E-state index contributed by atoms with van der Waals surface area (Å²) >= 11 is 6.12. The molecule has 0 bridgehead atoms. The Kier molecular flexibility index (Phi) is 3.06. The standard InChI is InChI=1S/C12H18ClN3/c1-7-5-10(7)6-16(4)12-11(13)14-8(2)9(3)15-12/h7,10H,5-6H2,1-4H3. The molecule has 1 saturated carbocycles. The average Bonchev–Trinajstić information content (AvgIpc) is 2.87. The monoisotopic (exact) mass is 239 g/mol. The van der Waals surface area contributed by atoms with Gasteiger partial charge in [0.05, 0.1) is 11.4 Å². The van der Waals surface area contributed by atoms with Crippen LogP contribution < -0.4 is 4.90 Å². The first kappa shape index (κ1) is 11.6. The van der Waals surface area contributed by atoms with Crippen LogP contribution in [0.4, 0.5) is 5.82 Å². The highest BCUT2D eigenvalue weighted by Crippen LogP contribution is 2.39. The first-order valence-electron chi connectivity index (χ1n) is 5.71. The molecule has 1 aromatic heterocycles. The number of aryl methyl sites for hydroxylation is 2. The van der Waals surface area contributed by atoms with Gasteiger partial charge in [-0.15, -0.1) is 0 Å². The minimum absolute atomic E-state index is 0.513. The Bertz CT molecular complexity index is 405. The number of anilines is 1. The van der Waals surface area contributed by atoms with Crippen molar-refractivity contribution in [1.82, 2.24) is 9.97 Å². The molecular formula is C12H18ClN3. The molecule has 1 aromatic rings. The van der Waals surface area contributed by atoms with Gasteiger partial charge in [-0.1, -0.05) is 18.5 Å². The maximum Gasteiger partial charge on any atom is 0.171 e. The molecule has 0 saturated heterocycles. The molecule has 16 heavy (non-hydrogen) atoms. The molecule has 0 radical (unpaired) electrons. The van der Waals surface area contributed by atoms with Gasteiger partial charge in [0.1, 0.15) is 0 Å². The van der Waals surface area contributed by atoms with E-state index in [2.05, 4.69) is 21.8 Å². The van der Waals surface area contributed by atoms with Crippen LogP contribution in [-0.4, -0.2) is 23.6 Å². The summed E-state index contributed by atoms with van der Waals surface area (Å²) < 4.78 is 0. The largest absolute Gasteiger partial charge is 0.357 e. The molecule has 0 spiro atoms. The van der Waals surface area contributed by atoms with Crippen molar-refractivity contribution in [2.45, 2.75) is 27.2 Å². The SMILES string of the molecule is Cc1nc(Cl)c(N(C)CC2CC2C)nc1C. The second kappa shape index (κ2) is 4.21. The molecule has 2 unspecified atom stereocenters. The van der Waals surface area contributed by atoms with Crippen molar-refractivity contribution in [1.29, 1.82) is 0 Å². The number of halogens is 1. The lowest BCUT2D eigenvalue weighted by Crippen LogP contribution is -2.23. The summed E-state index contributed by atoms with van der Waals surface area (Å²) in [4.78, 5) is 10.9. The van der Waals surface area contributed by atoms with Crippen LogP contribution in [0.1, 0.15) is 24.7 Å². The van der Waals surface area contributed by atoms with Crippen LogP contribution in [0.2, 0.25) is 5.15 Å². The minimum Gasteiger partial charge on any atom is -0.357 e. The Morgan fingerprint density at radius 1 is 1.31 bits per heavy atom. The molecule has 0 aromatic carbocycles. The fourth-order valence-corrected chi connectivity index (χ4v) is 2.21. The highest BCUT2D eigenvalue weighted by atomic mass is 35.5. The first-order valence-corrected chi connectivity index (χ1v) is 6.08. The van der Waals surface area contributed by atoms with Crippen LogP contribution >= 0.6 is 11.6 Å². The first-order chi connectivity index (χ1) is 7.49. The molecule has 1 fully saturated rings. The summed E-state index contributed by atoms with van der Waals surface area (Å²) in [5.41, 5.74) is 1.86. The summed E-state index contributed by atoms with van der Waals surface area (Å²) in [5.74, 6) is 2.45. The average molecular weight is 240 g/mol. The van der Waals surface area contributed by atoms with Crippen molar-refractivity contribution in [2.24, 2.45) is 11.8 Å². The third kappa shape index (κ3) is 2.29. The number of hydrogen-bond donors (Lipinski definition) is 0. The van der Waals surface area contributed by atoms with E-state index in [0.29, 0.717) is 5.15 Å². The predicted octanol–water partition coefficient (Wildman–Crippen LogP) is 2.84. The second-order valence-corrected chi connectivity index (χ2v) is 5.22. The number of aromatic nitrogens is 2. The lowest BCUT2D eigenvalue weighted by molar-refractivity contribution is 0.716. The number of hydrogen-bond acceptors (Lipinski definition) is 3. The number of nitrogens with zero attached hydrogens (tertiary/aromatic N) is 3. The Morgan fingerprint density at radius 3 is 2.44 bits per heavy atom. The van der Waals surface area contributed by atoms with E-state index in [1.165, 1.54) is 6.42 Å². The van der Waals surface area contributed by atoms with Gasteiger partial charge in [-0.2, -0.15) is 0 Å². The molecular weight excluding hydrogens is 222 g/mol. The van der Waals surface area contributed by atoms with Gasteiger partial charge in [-0.05, 0) is 32.1 Å². The van der Waals surface area contributed by atoms with Crippen molar-refractivity contribution >= 4 is 17.4 Å². The minimum atomic E-state index is 0.513. The quantitative estimate of drug-likeness (QED) is 0.812. The zero-order valence-corrected chi connectivity index (χ0v) is 11.0. The van der Waals surface area contributed by atoms with Crippen LogP contribution in [0.25, 0.3) is 0 Å². The third-order valence-corrected chi connectivity index (χ3v) is 3.65. The predicted molar refractivity (Wildman–Crippen MR) is 67.1 cm³/mol. The molecule has 1 aliphatic carbocycles. The van der Waals surface area contributed by atoms with Crippen LogP contribution in [0.3, 0.4) is 0 Å². The maximum atomic E-state index is 6.12. The van der Waals surface area contributed by atoms with Crippen molar-refractivity contribution in [2.75, 3.05) is 18.5 Å². The van der Waals surface area contributed by atoms with Crippen molar-refractivity contribution < 1.29 is 0 Å². The second-order valence-electron chi connectivity index (χ2n) is 4.86. The normalized spacial score (nSPS) is 23.3. The summed E-state index contributed by atoms with van der Waals surface area (Å²) in [7, 11) is 2.04. The van der Waals surface area contributed by atoms with E-state index in [-0.39, 0.29) is 0 Å². The number of rotatable bonds is 3. The van der Waals surface area contributed by atoms with Gasteiger partial charge < -0.3 is 4.90 Å². The van der Waals surface area contributed by atoms with E-state index in [9.17, 15) is 0 Å². The fourth-order valence-electron chi connectivity index (χ4n) is 1.90. The fraction of sp³-hybridized carbons (Fsp3) is 0.667. The van der Waals surface area contributed by atoms with Crippen molar-refractivity contribution in [3.05, 3.63) is 16.5 Å². The van der Waals surface area contributed by atoms with E-state index in [0.717, 1.165) is 35.6 Å². The van der Waals surface area contributed by atoms with Crippen molar-refractivity contribution in [3.63, 3.8) is 0 Å². The Balaban J connectivity index is 2.15. The van der Waals surface area contributed by atoms with Crippen LogP contribution in [0, 0.1) is 25.7 Å². The van der Waals surface area contributed by atoms with Gasteiger partial charge in [0.2, 0.25) is 0 Å². The maximum absolute atomic E-state index is 6.12. The zero-order valence-electron chi connectivity index (χ0n) is 10.3. The van der Waals surface area contributed by atoms with Crippen LogP contribution in [0.15, 0.2) is 0 Å². The highest BCUT2D eigenvalue weighted by Gasteiger charge is 2.33. The molecule has 0 N–H and O–H groups in total. The Labute approximate surface area is 102 Å². The molecule has 1 aliphatic rings. The van der Waals surface area contributed by atoms with E-state index in [1.54, 1.807) is 0 Å². The third-order valence-electron chi connectivity index (χ3n) is 3.39. The molecule has 2 atom stereocenters. The summed E-state index contributed by atoms with van der Waals surface area (Å²) in [5, 5.41) is 0.513. The van der Waals surface area contributed by atoms with Gasteiger partial charge in [-0.3, -0.25) is 0 Å². The van der Waals surface area contributed by atoms with E-state index >= 15 is 0 Å². The van der Waals surface area contributed by atoms with Crippen molar-refractivity contribution in [3.8, 4) is 0 Å². The summed E-state index contributed by atoms with van der Waals surface area (Å²) in [6, 6.07) is 0. The van der Waals surface area contributed by atoms with Gasteiger partial charge in [-0.25, -0.2) is 9.97 Å². The molecule has 2 rings (SSSR count). The smallest absolute Gasteiger partial charge is 0.171 e. The van der Waals surface area contributed by atoms with E-state index in [1.807, 2.05) is 20.9 Å². The molecule has 4 heteroatoms. The van der Waals surface area contributed by atoms with E-state index in [4.69, 9.17) is 11.6 Å². The molecule has 1 heterocycles. The van der Waals surface area contributed by atoms with Gasteiger partial charge in [0, 0.05) is 13.6 Å².